The van der Waals surface area contributed by atoms with E-state index >= 15 is 0 Å². The summed E-state index contributed by atoms with van der Waals surface area (Å²) in [4.78, 5) is 10.9. The van der Waals surface area contributed by atoms with Gasteiger partial charge in [-0.2, -0.15) is 0 Å². The van der Waals surface area contributed by atoms with E-state index in [1.54, 1.807) is 0 Å². The van der Waals surface area contributed by atoms with Gasteiger partial charge in [0.15, 0.2) is 5.96 Å². The number of hydrogen-bond acceptors (Lipinski definition) is 1. The van der Waals surface area contributed by atoms with Crippen LogP contribution in [0.5, 0.6) is 0 Å². The maximum atomic E-state index is 5.27. The molecule has 0 bridgehead atoms. The molecule has 2 aliphatic heterocycles. The third-order valence-electron chi connectivity index (χ3n) is 7.37. The van der Waals surface area contributed by atoms with Crippen molar-refractivity contribution in [3.8, 4) is 0 Å². The summed E-state index contributed by atoms with van der Waals surface area (Å²) in [5.74, 6) is 3.28. The highest BCUT2D eigenvalue weighted by Crippen LogP contribution is 2.39. The van der Waals surface area contributed by atoms with E-state index in [2.05, 4.69) is 23.6 Å². The van der Waals surface area contributed by atoms with Gasteiger partial charge in [0, 0.05) is 31.2 Å². The van der Waals surface area contributed by atoms with Gasteiger partial charge in [-0.3, -0.25) is 4.99 Å². The fraction of sp³-hybridized carbons (Fsp3) is 0.955. The number of nitrogens with zero attached hydrogens (tertiary/aromatic N) is 3. The maximum Gasteiger partial charge on any atom is 0.197 e. The summed E-state index contributed by atoms with van der Waals surface area (Å²) < 4.78 is 0. The largest absolute Gasteiger partial charge is 0.340 e. The van der Waals surface area contributed by atoms with Crippen molar-refractivity contribution in [2.75, 3.05) is 13.1 Å². The first-order valence-corrected chi connectivity index (χ1v) is 11.3. The van der Waals surface area contributed by atoms with Gasteiger partial charge >= 0.3 is 0 Å². The Kier molecular flexibility index (Phi) is 5.57. The van der Waals surface area contributed by atoms with Crippen LogP contribution in [-0.2, 0) is 0 Å². The Bertz CT molecular complexity index is 432. The van der Waals surface area contributed by atoms with Crippen LogP contribution in [0.3, 0.4) is 0 Å². The molecule has 0 aromatic rings. The second-order valence-corrected chi connectivity index (χ2v) is 9.42. The van der Waals surface area contributed by atoms with E-state index in [9.17, 15) is 0 Å². The predicted octanol–water partition coefficient (Wildman–Crippen LogP) is 5.06. The van der Waals surface area contributed by atoms with Crippen LogP contribution in [0, 0.1) is 11.8 Å². The van der Waals surface area contributed by atoms with E-state index in [1.807, 2.05) is 0 Å². The lowest BCUT2D eigenvalue weighted by Crippen LogP contribution is -2.60. The first-order valence-electron chi connectivity index (χ1n) is 11.3. The Labute approximate surface area is 155 Å². The number of hydrogen-bond donors (Lipinski definition) is 0. The highest BCUT2D eigenvalue weighted by atomic mass is 15.4. The topological polar surface area (TPSA) is 18.8 Å². The maximum absolute atomic E-state index is 5.27. The number of guanidine groups is 1. The summed E-state index contributed by atoms with van der Waals surface area (Å²) in [6.07, 6.45) is 17.2. The van der Waals surface area contributed by atoms with Gasteiger partial charge in [0.25, 0.3) is 0 Å². The average molecular weight is 346 g/mol. The summed E-state index contributed by atoms with van der Waals surface area (Å²) in [5.41, 5.74) is 0. The monoisotopic (exact) mass is 345 g/mol. The van der Waals surface area contributed by atoms with E-state index < -0.39 is 0 Å². The molecular formula is C22H39N3. The van der Waals surface area contributed by atoms with Crippen LogP contribution in [0.1, 0.15) is 90.9 Å². The van der Waals surface area contributed by atoms with Crippen molar-refractivity contribution in [1.82, 2.24) is 9.80 Å². The SMILES string of the molecule is CC(C)N=C(N1CCCC2CCCCC21)N1CCCC2CCCCC21. The standard InChI is InChI=1S/C22H39N3/c1-17(2)23-22(24-15-7-11-18-9-3-5-13-20(18)24)25-16-8-12-19-10-4-6-14-21(19)25/h17-21H,3-16H2,1-2H3. The fourth-order valence-electron chi connectivity index (χ4n) is 6.29. The van der Waals surface area contributed by atoms with Crippen LogP contribution in [0.15, 0.2) is 4.99 Å². The molecule has 2 heterocycles. The van der Waals surface area contributed by atoms with Crippen molar-refractivity contribution in [3.63, 3.8) is 0 Å². The van der Waals surface area contributed by atoms with Crippen molar-refractivity contribution in [3.05, 3.63) is 0 Å². The number of aliphatic imine (C=N–C) groups is 1. The van der Waals surface area contributed by atoms with Crippen LogP contribution in [0.2, 0.25) is 0 Å². The zero-order valence-electron chi connectivity index (χ0n) is 16.6. The predicted molar refractivity (Wildman–Crippen MR) is 106 cm³/mol. The first kappa shape index (κ1) is 17.7. The van der Waals surface area contributed by atoms with Crippen molar-refractivity contribution in [2.24, 2.45) is 16.8 Å². The Morgan fingerprint density at radius 2 is 1.12 bits per heavy atom. The Morgan fingerprint density at radius 3 is 1.60 bits per heavy atom. The van der Waals surface area contributed by atoms with E-state index in [1.165, 1.54) is 96.1 Å². The van der Waals surface area contributed by atoms with E-state index in [0.717, 1.165) is 23.9 Å². The summed E-state index contributed by atoms with van der Waals surface area (Å²) in [6.45, 7) is 7.04. The number of piperidine rings is 2. The molecule has 2 saturated heterocycles. The van der Waals surface area contributed by atoms with Gasteiger partial charge in [0.2, 0.25) is 0 Å². The van der Waals surface area contributed by atoms with E-state index in [0.29, 0.717) is 6.04 Å². The molecule has 142 valence electrons. The molecule has 2 saturated carbocycles. The summed E-state index contributed by atoms with van der Waals surface area (Å²) >= 11 is 0. The normalized spacial score (nSPS) is 36.0. The lowest BCUT2D eigenvalue weighted by Gasteiger charge is -2.52. The molecule has 0 amide bonds. The highest BCUT2D eigenvalue weighted by molar-refractivity contribution is 5.81. The molecule has 4 fully saturated rings. The Morgan fingerprint density at radius 1 is 0.680 bits per heavy atom. The minimum atomic E-state index is 0.405. The zero-order valence-corrected chi connectivity index (χ0v) is 16.6. The molecular weight excluding hydrogens is 306 g/mol. The summed E-state index contributed by atoms with van der Waals surface area (Å²) in [5, 5.41) is 0. The second kappa shape index (κ2) is 7.88. The average Bonchev–Trinajstić information content (AvgIpc) is 2.65. The van der Waals surface area contributed by atoms with Gasteiger partial charge in [-0.1, -0.05) is 25.7 Å². The van der Waals surface area contributed by atoms with Gasteiger partial charge in [-0.25, -0.2) is 0 Å². The quantitative estimate of drug-likeness (QED) is 0.488. The molecule has 0 aromatic carbocycles. The number of rotatable bonds is 1. The molecule has 4 unspecified atom stereocenters. The van der Waals surface area contributed by atoms with Crippen LogP contribution in [0.25, 0.3) is 0 Å². The molecule has 3 nitrogen and oxygen atoms in total. The molecule has 4 rings (SSSR count). The van der Waals surface area contributed by atoms with Gasteiger partial charge in [-0.15, -0.1) is 0 Å². The smallest absolute Gasteiger partial charge is 0.197 e. The minimum Gasteiger partial charge on any atom is -0.340 e. The summed E-state index contributed by atoms with van der Waals surface area (Å²) in [6, 6.07) is 1.97. The molecule has 2 aliphatic carbocycles. The molecule has 0 spiro atoms. The first-order chi connectivity index (χ1) is 12.2. The highest BCUT2D eigenvalue weighted by Gasteiger charge is 2.41. The molecule has 25 heavy (non-hydrogen) atoms. The van der Waals surface area contributed by atoms with Crippen LogP contribution in [-0.4, -0.2) is 47.0 Å². The fourth-order valence-corrected chi connectivity index (χ4v) is 6.29. The van der Waals surface area contributed by atoms with Crippen molar-refractivity contribution < 1.29 is 0 Å². The Balaban J connectivity index is 1.61. The third-order valence-corrected chi connectivity index (χ3v) is 7.37. The second-order valence-electron chi connectivity index (χ2n) is 9.42. The van der Waals surface area contributed by atoms with E-state index in [-0.39, 0.29) is 0 Å². The molecule has 3 heteroatoms. The van der Waals surface area contributed by atoms with Gasteiger partial charge < -0.3 is 9.80 Å². The number of likely N-dealkylation sites (tertiary alicyclic amines) is 2. The van der Waals surface area contributed by atoms with Crippen molar-refractivity contribution in [1.29, 1.82) is 0 Å². The van der Waals surface area contributed by atoms with Crippen LogP contribution < -0.4 is 0 Å². The zero-order chi connectivity index (χ0) is 17.2. The van der Waals surface area contributed by atoms with Crippen LogP contribution in [0.4, 0.5) is 0 Å². The van der Waals surface area contributed by atoms with E-state index in [4.69, 9.17) is 4.99 Å². The van der Waals surface area contributed by atoms with Crippen molar-refractivity contribution in [2.45, 2.75) is 109 Å². The minimum absolute atomic E-state index is 0.405. The van der Waals surface area contributed by atoms with Crippen molar-refractivity contribution >= 4 is 5.96 Å². The third kappa shape index (κ3) is 3.71. The molecule has 0 N–H and O–H groups in total. The lowest BCUT2D eigenvalue weighted by atomic mass is 9.77. The Hall–Kier alpha value is -0.730. The lowest BCUT2D eigenvalue weighted by molar-refractivity contribution is 0.0688. The molecule has 4 atom stereocenters. The molecule has 4 aliphatic rings. The molecule has 0 aromatic heterocycles. The van der Waals surface area contributed by atoms with Crippen LogP contribution >= 0.6 is 0 Å². The van der Waals surface area contributed by atoms with Gasteiger partial charge in [0.05, 0.1) is 0 Å². The molecule has 0 radical (unpaired) electrons. The van der Waals surface area contributed by atoms with Gasteiger partial charge in [-0.05, 0) is 77.0 Å². The number of fused-ring (bicyclic) bond motifs is 2. The summed E-state index contributed by atoms with van der Waals surface area (Å²) in [7, 11) is 0. The van der Waals surface area contributed by atoms with Gasteiger partial charge in [0.1, 0.15) is 0 Å².